The number of carbonyl (C=O) groups excluding carboxylic acids is 1. The van der Waals surface area contributed by atoms with E-state index in [9.17, 15) is 4.79 Å². The molecule has 1 aliphatic rings. The normalized spacial score (nSPS) is 17.4. The number of aryl methyl sites for hydroxylation is 1. The first kappa shape index (κ1) is 17.8. The Kier molecular flexibility index (Phi) is 5.60. The molecule has 0 spiro atoms. The summed E-state index contributed by atoms with van der Waals surface area (Å²) >= 11 is 6.27. The first-order valence-electron chi connectivity index (χ1n) is 8.54. The number of nitrogens with two attached hydrogens (primary N) is 1. The Balaban J connectivity index is 1.81. The molecule has 0 aliphatic carbocycles. The van der Waals surface area contributed by atoms with Crippen LogP contribution in [-0.2, 0) is 7.05 Å². The lowest BCUT2D eigenvalue weighted by molar-refractivity contribution is 0.100. The summed E-state index contributed by atoms with van der Waals surface area (Å²) in [5, 5.41) is 8.18. The molecule has 7 heteroatoms. The lowest BCUT2D eigenvalue weighted by atomic mass is 10.0. The quantitative estimate of drug-likeness (QED) is 0.827. The van der Waals surface area contributed by atoms with Gasteiger partial charge in [-0.15, -0.1) is 0 Å². The molecule has 1 aromatic heterocycles. The number of amides is 1. The van der Waals surface area contributed by atoms with Crippen molar-refractivity contribution in [3.05, 3.63) is 35.0 Å². The zero-order valence-corrected chi connectivity index (χ0v) is 15.1. The van der Waals surface area contributed by atoms with E-state index >= 15 is 0 Å². The molecule has 1 aliphatic heterocycles. The summed E-state index contributed by atoms with van der Waals surface area (Å²) in [6.07, 6.45) is 6.21. The van der Waals surface area contributed by atoms with E-state index in [4.69, 9.17) is 22.1 Å². The van der Waals surface area contributed by atoms with Crippen LogP contribution in [0, 0.1) is 0 Å². The third-order valence-electron chi connectivity index (χ3n) is 4.55. The fourth-order valence-corrected chi connectivity index (χ4v) is 3.46. The van der Waals surface area contributed by atoms with E-state index in [1.165, 1.54) is 19.3 Å². The number of benzene rings is 1. The van der Waals surface area contributed by atoms with Crippen molar-refractivity contribution in [1.29, 1.82) is 0 Å². The number of hydrogen-bond acceptors (Lipinski definition) is 4. The molecule has 1 atom stereocenters. The fourth-order valence-electron chi connectivity index (χ4n) is 3.19. The molecule has 2 aromatic rings. The van der Waals surface area contributed by atoms with Crippen molar-refractivity contribution in [2.45, 2.75) is 31.7 Å². The number of ether oxygens (including phenoxy) is 1. The minimum Gasteiger partial charge on any atom is -0.493 e. The largest absolute Gasteiger partial charge is 0.493 e. The molecular formula is C18H23ClN4O2. The van der Waals surface area contributed by atoms with E-state index in [1.54, 1.807) is 36.1 Å². The van der Waals surface area contributed by atoms with Gasteiger partial charge in [-0.1, -0.05) is 18.0 Å². The number of carbonyl (C=O) groups is 1. The summed E-state index contributed by atoms with van der Waals surface area (Å²) in [5.41, 5.74) is 7.25. The zero-order valence-electron chi connectivity index (χ0n) is 14.3. The Morgan fingerprint density at radius 3 is 2.96 bits per heavy atom. The number of rotatable bonds is 6. The molecular weight excluding hydrogens is 340 g/mol. The van der Waals surface area contributed by atoms with E-state index in [0.29, 0.717) is 34.7 Å². The van der Waals surface area contributed by atoms with Crippen LogP contribution in [0.3, 0.4) is 0 Å². The predicted octanol–water partition coefficient (Wildman–Crippen LogP) is 2.75. The number of nitrogens with one attached hydrogen (secondary N) is 1. The van der Waals surface area contributed by atoms with Crippen molar-refractivity contribution in [2.24, 2.45) is 12.8 Å². The summed E-state index contributed by atoms with van der Waals surface area (Å²) < 4.78 is 7.68. The van der Waals surface area contributed by atoms with E-state index < -0.39 is 5.91 Å². The molecule has 1 aromatic carbocycles. The molecule has 2 heterocycles. The third kappa shape index (κ3) is 4.14. The lowest BCUT2D eigenvalue weighted by Gasteiger charge is -2.23. The average Bonchev–Trinajstić information content (AvgIpc) is 2.94. The number of halogens is 1. The number of piperidine rings is 1. The van der Waals surface area contributed by atoms with Crippen LogP contribution in [0.25, 0.3) is 11.3 Å². The monoisotopic (exact) mass is 362 g/mol. The predicted molar refractivity (Wildman–Crippen MR) is 97.9 cm³/mol. The van der Waals surface area contributed by atoms with Gasteiger partial charge in [0.05, 0.1) is 23.5 Å². The van der Waals surface area contributed by atoms with E-state index in [-0.39, 0.29) is 0 Å². The van der Waals surface area contributed by atoms with Gasteiger partial charge in [-0.2, -0.15) is 5.10 Å². The Hall–Kier alpha value is -2.05. The Labute approximate surface area is 152 Å². The smallest absolute Gasteiger partial charge is 0.248 e. The van der Waals surface area contributed by atoms with E-state index in [0.717, 1.165) is 18.5 Å². The van der Waals surface area contributed by atoms with Crippen molar-refractivity contribution in [3.63, 3.8) is 0 Å². The van der Waals surface area contributed by atoms with Gasteiger partial charge in [0.15, 0.2) is 0 Å². The van der Waals surface area contributed by atoms with Crippen molar-refractivity contribution in [2.75, 3.05) is 13.2 Å². The average molecular weight is 363 g/mol. The van der Waals surface area contributed by atoms with Crippen LogP contribution >= 0.6 is 11.6 Å². The van der Waals surface area contributed by atoms with Crippen molar-refractivity contribution < 1.29 is 9.53 Å². The lowest BCUT2D eigenvalue weighted by Crippen LogP contribution is -2.35. The van der Waals surface area contributed by atoms with Crippen LogP contribution in [-0.4, -0.2) is 34.9 Å². The van der Waals surface area contributed by atoms with Gasteiger partial charge in [0.2, 0.25) is 5.91 Å². The highest BCUT2D eigenvalue weighted by atomic mass is 35.5. The van der Waals surface area contributed by atoms with Gasteiger partial charge in [-0.3, -0.25) is 9.48 Å². The summed E-state index contributed by atoms with van der Waals surface area (Å²) in [6.45, 7) is 1.67. The molecule has 1 unspecified atom stereocenters. The minimum absolute atomic E-state index is 0.411. The molecule has 1 amide bonds. The van der Waals surface area contributed by atoms with Gasteiger partial charge < -0.3 is 15.8 Å². The Morgan fingerprint density at radius 1 is 1.48 bits per heavy atom. The molecule has 25 heavy (non-hydrogen) atoms. The van der Waals surface area contributed by atoms with Crippen LogP contribution in [0.15, 0.2) is 24.4 Å². The van der Waals surface area contributed by atoms with Crippen LogP contribution < -0.4 is 15.8 Å². The maximum Gasteiger partial charge on any atom is 0.248 e. The molecule has 0 saturated carbocycles. The summed E-state index contributed by atoms with van der Waals surface area (Å²) in [6, 6.07) is 5.65. The van der Waals surface area contributed by atoms with Gasteiger partial charge in [0.1, 0.15) is 5.75 Å². The first-order valence-corrected chi connectivity index (χ1v) is 8.92. The highest BCUT2D eigenvalue weighted by molar-refractivity contribution is 6.33. The first-order chi connectivity index (χ1) is 12.1. The Bertz CT molecular complexity index is 734. The van der Waals surface area contributed by atoms with Gasteiger partial charge >= 0.3 is 0 Å². The Morgan fingerprint density at radius 2 is 2.32 bits per heavy atom. The van der Waals surface area contributed by atoms with Gasteiger partial charge in [-0.25, -0.2) is 0 Å². The summed E-state index contributed by atoms with van der Waals surface area (Å²) in [7, 11) is 1.80. The van der Waals surface area contributed by atoms with Crippen molar-refractivity contribution in [1.82, 2.24) is 15.1 Å². The standard InChI is InChI=1S/C18H23ClN4O2/c1-23-17(15(19)11-22-23)14-10-12(18(20)24)5-6-16(14)25-9-7-13-4-2-3-8-21-13/h5-6,10-11,13,21H,2-4,7-9H2,1H3,(H2,20,24). The van der Waals surface area contributed by atoms with Gasteiger partial charge in [-0.05, 0) is 44.0 Å². The van der Waals surface area contributed by atoms with Crippen LogP contribution in [0.1, 0.15) is 36.0 Å². The highest BCUT2D eigenvalue weighted by Crippen LogP contribution is 2.35. The maximum atomic E-state index is 11.5. The molecule has 0 radical (unpaired) electrons. The second-order valence-electron chi connectivity index (χ2n) is 6.32. The van der Waals surface area contributed by atoms with Gasteiger partial charge in [0, 0.05) is 24.2 Å². The molecule has 6 nitrogen and oxygen atoms in total. The number of hydrogen-bond donors (Lipinski definition) is 2. The molecule has 0 bridgehead atoms. The minimum atomic E-state index is -0.488. The molecule has 3 rings (SSSR count). The number of aromatic nitrogens is 2. The highest BCUT2D eigenvalue weighted by Gasteiger charge is 2.18. The zero-order chi connectivity index (χ0) is 17.8. The summed E-state index contributed by atoms with van der Waals surface area (Å²) in [5.74, 6) is 0.184. The molecule has 3 N–H and O–H groups in total. The SMILES string of the molecule is Cn1ncc(Cl)c1-c1cc(C(N)=O)ccc1OCCC1CCCCN1. The molecule has 1 fully saturated rings. The third-order valence-corrected chi connectivity index (χ3v) is 4.83. The second kappa shape index (κ2) is 7.89. The maximum absolute atomic E-state index is 11.5. The van der Waals surface area contributed by atoms with Crippen molar-refractivity contribution in [3.8, 4) is 17.0 Å². The molecule has 1 saturated heterocycles. The van der Waals surface area contributed by atoms with Crippen LogP contribution in [0.5, 0.6) is 5.75 Å². The second-order valence-corrected chi connectivity index (χ2v) is 6.73. The summed E-state index contributed by atoms with van der Waals surface area (Å²) in [4.78, 5) is 11.5. The van der Waals surface area contributed by atoms with Crippen LogP contribution in [0.2, 0.25) is 5.02 Å². The van der Waals surface area contributed by atoms with Gasteiger partial charge in [0.25, 0.3) is 0 Å². The fraction of sp³-hybridized carbons (Fsp3) is 0.444. The van der Waals surface area contributed by atoms with Crippen LogP contribution in [0.4, 0.5) is 0 Å². The number of nitrogens with zero attached hydrogens (tertiary/aromatic N) is 2. The van der Waals surface area contributed by atoms with E-state index in [1.807, 2.05) is 0 Å². The van der Waals surface area contributed by atoms with Crippen molar-refractivity contribution >= 4 is 17.5 Å². The number of primary amides is 1. The molecule has 134 valence electrons. The van der Waals surface area contributed by atoms with E-state index in [2.05, 4.69) is 10.4 Å². The topological polar surface area (TPSA) is 82.2 Å².